The fraction of sp³-hybridized carbons (Fsp3) is 0.500. The minimum atomic E-state index is 0.783. The molecule has 0 unspecified atom stereocenters. The standard InChI is InChI=1S/C14H22N6/c1-5-12-18-13(15-4)11(3)14(19-12)16-6-7-20-9-10(2)8-17-20/h8-9H,5-7H2,1-4H3,(H2,15,16,18,19). The molecule has 6 nitrogen and oxygen atoms in total. The highest BCUT2D eigenvalue weighted by atomic mass is 15.3. The lowest BCUT2D eigenvalue weighted by atomic mass is 10.3. The third-order valence-corrected chi connectivity index (χ3v) is 3.14. The Bertz CT molecular complexity index is 575. The summed E-state index contributed by atoms with van der Waals surface area (Å²) in [7, 11) is 1.88. The van der Waals surface area contributed by atoms with Crippen LogP contribution in [0.5, 0.6) is 0 Å². The number of nitrogens with one attached hydrogen (secondary N) is 2. The van der Waals surface area contributed by atoms with Crippen LogP contribution in [-0.2, 0) is 13.0 Å². The number of hydrogen-bond donors (Lipinski definition) is 2. The number of aromatic nitrogens is 4. The van der Waals surface area contributed by atoms with Crippen LogP contribution in [0.1, 0.15) is 23.9 Å². The molecule has 0 aliphatic heterocycles. The van der Waals surface area contributed by atoms with Crippen LogP contribution in [-0.4, -0.2) is 33.3 Å². The zero-order valence-corrected chi connectivity index (χ0v) is 12.6. The molecule has 0 radical (unpaired) electrons. The van der Waals surface area contributed by atoms with Crippen molar-refractivity contribution in [3.05, 3.63) is 29.3 Å². The van der Waals surface area contributed by atoms with Gasteiger partial charge in [-0.2, -0.15) is 5.10 Å². The lowest BCUT2D eigenvalue weighted by molar-refractivity contribution is 0.636. The van der Waals surface area contributed by atoms with Crippen LogP contribution in [0.2, 0.25) is 0 Å². The molecule has 0 saturated heterocycles. The van der Waals surface area contributed by atoms with Crippen molar-refractivity contribution in [2.45, 2.75) is 33.7 Å². The average Bonchev–Trinajstić information content (AvgIpc) is 2.86. The molecule has 2 N–H and O–H groups in total. The van der Waals surface area contributed by atoms with E-state index < -0.39 is 0 Å². The van der Waals surface area contributed by atoms with Crippen LogP contribution in [0.25, 0.3) is 0 Å². The molecule has 20 heavy (non-hydrogen) atoms. The zero-order valence-electron chi connectivity index (χ0n) is 12.6. The van der Waals surface area contributed by atoms with Gasteiger partial charge in [0.05, 0.1) is 12.7 Å². The Balaban J connectivity index is 2.04. The maximum absolute atomic E-state index is 4.54. The zero-order chi connectivity index (χ0) is 14.5. The molecule has 0 aliphatic carbocycles. The number of rotatable bonds is 6. The van der Waals surface area contributed by atoms with Crippen molar-refractivity contribution < 1.29 is 0 Å². The van der Waals surface area contributed by atoms with E-state index in [4.69, 9.17) is 0 Å². The van der Waals surface area contributed by atoms with E-state index in [9.17, 15) is 0 Å². The van der Waals surface area contributed by atoms with Crippen LogP contribution in [0.15, 0.2) is 12.4 Å². The second-order valence-corrected chi connectivity index (χ2v) is 4.77. The maximum atomic E-state index is 4.54. The molecule has 0 aromatic carbocycles. The molecule has 108 valence electrons. The summed E-state index contributed by atoms with van der Waals surface area (Å²) in [6.45, 7) is 7.71. The van der Waals surface area contributed by atoms with Gasteiger partial charge in [0, 0.05) is 31.8 Å². The first-order valence-electron chi connectivity index (χ1n) is 6.92. The van der Waals surface area contributed by atoms with Crippen LogP contribution in [0, 0.1) is 13.8 Å². The highest BCUT2D eigenvalue weighted by molar-refractivity contribution is 5.56. The van der Waals surface area contributed by atoms with Gasteiger partial charge in [-0.3, -0.25) is 4.68 Å². The van der Waals surface area contributed by atoms with E-state index in [0.29, 0.717) is 0 Å². The van der Waals surface area contributed by atoms with Gasteiger partial charge in [0.2, 0.25) is 0 Å². The molecule has 0 spiro atoms. The van der Waals surface area contributed by atoms with Crippen LogP contribution in [0.3, 0.4) is 0 Å². The molecule has 6 heteroatoms. The number of nitrogens with zero attached hydrogens (tertiary/aromatic N) is 4. The smallest absolute Gasteiger partial charge is 0.134 e. The number of anilines is 2. The topological polar surface area (TPSA) is 67.7 Å². The monoisotopic (exact) mass is 274 g/mol. The molecule has 0 bridgehead atoms. The third-order valence-electron chi connectivity index (χ3n) is 3.14. The minimum Gasteiger partial charge on any atom is -0.373 e. The summed E-state index contributed by atoms with van der Waals surface area (Å²) in [4.78, 5) is 9.00. The molecular formula is C14H22N6. The molecule has 0 atom stereocenters. The van der Waals surface area contributed by atoms with Gasteiger partial charge in [0.15, 0.2) is 0 Å². The second kappa shape index (κ2) is 6.36. The van der Waals surface area contributed by atoms with Gasteiger partial charge in [-0.25, -0.2) is 9.97 Å². The van der Waals surface area contributed by atoms with Gasteiger partial charge in [0.1, 0.15) is 17.5 Å². The summed E-state index contributed by atoms with van der Waals surface area (Å²) in [5, 5.41) is 10.7. The second-order valence-electron chi connectivity index (χ2n) is 4.77. The summed E-state index contributed by atoms with van der Waals surface area (Å²) in [6, 6.07) is 0. The molecular weight excluding hydrogens is 252 g/mol. The van der Waals surface area contributed by atoms with Gasteiger partial charge in [0.25, 0.3) is 0 Å². The summed E-state index contributed by atoms with van der Waals surface area (Å²) >= 11 is 0. The van der Waals surface area contributed by atoms with Crippen molar-refractivity contribution in [1.82, 2.24) is 19.7 Å². The third kappa shape index (κ3) is 3.26. The minimum absolute atomic E-state index is 0.783. The van der Waals surface area contributed by atoms with Crippen LogP contribution >= 0.6 is 0 Å². The molecule has 0 fully saturated rings. The summed E-state index contributed by atoms with van der Waals surface area (Å²) in [5.41, 5.74) is 2.22. The molecule has 2 aromatic rings. The summed E-state index contributed by atoms with van der Waals surface area (Å²) < 4.78 is 1.93. The lowest BCUT2D eigenvalue weighted by Gasteiger charge is -2.13. The lowest BCUT2D eigenvalue weighted by Crippen LogP contribution is -2.14. The number of hydrogen-bond acceptors (Lipinski definition) is 5. The van der Waals surface area contributed by atoms with Crippen molar-refractivity contribution in [1.29, 1.82) is 0 Å². The van der Waals surface area contributed by atoms with E-state index in [1.54, 1.807) is 0 Å². The van der Waals surface area contributed by atoms with E-state index in [1.807, 2.05) is 38.0 Å². The fourth-order valence-corrected chi connectivity index (χ4v) is 2.01. The Kier molecular flexibility index (Phi) is 4.55. The van der Waals surface area contributed by atoms with E-state index >= 15 is 0 Å². The van der Waals surface area contributed by atoms with Crippen molar-refractivity contribution >= 4 is 11.6 Å². The molecule has 2 rings (SSSR count). The normalized spacial score (nSPS) is 10.6. The molecule has 0 aliphatic rings. The molecule has 0 saturated carbocycles. The van der Waals surface area contributed by atoms with Gasteiger partial charge in [-0.15, -0.1) is 0 Å². The van der Waals surface area contributed by atoms with Crippen molar-refractivity contribution in [3.8, 4) is 0 Å². The summed E-state index contributed by atoms with van der Waals surface area (Å²) in [5.74, 6) is 2.62. The Morgan fingerprint density at radius 1 is 1.20 bits per heavy atom. The SMILES string of the molecule is CCc1nc(NC)c(C)c(NCCn2cc(C)cn2)n1. The predicted octanol–water partition coefficient (Wildman–Crippen LogP) is 2.01. The Labute approximate surface area is 119 Å². The molecule has 0 amide bonds. The average molecular weight is 274 g/mol. The van der Waals surface area contributed by atoms with E-state index in [1.165, 1.54) is 5.56 Å². The molecule has 2 aromatic heterocycles. The highest BCUT2D eigenvalue weighted by Gasteiger charge is 2.08. The first-order chi connectivity index (χ1) is 9.63. The van der Waals surface area contributed by atoms with Crippen LogP contribution < -0.4 is 10.6 Å². The summed E-state index contributed by atoms with van der Waals surface area (Å²) in [6.07, 6.45) is 4.72. The highest BCUT2D eigenvalue weighted by Crippen LogP contribution is 2.19. The van der Waals surface area contributed by atoms with E-state index in [-0.39, 0.29) is 0 Å². The predicted molar refractivity (Wildman–Crippen MR) is 81.1 cm³/mol. The number of aryl methyl sites for hydroxylation is 2. The van der Waals surface area contributed by atoms with Gasteiger partial charge in [-0.1, -0.05) is 6.92 Å². The molecule has 2 heterocycles. The Morgan fingerprint density at radius 2 is 1.95 bits per heavy atom. The Morgan fingerprint density at radius 3 is 2.55 bits per heavy atom. The fourth-order valence-electron chi connectivity index (χ4n) is 2.01. The van der Waals surface area contributed by atoms with Crippen molar-refractivity contribution in [2.24, 2.45) is 0 Å². The maximum Gasteiger partial charge on any atom is 0.134 e. The van der Waals surface area contributed by atoms with Gasteiger partial charge in [-0.05, 0) is 19.4 Å². The van der Waals surface area contributed by atoms with E-state index in [2.05, 4.69) is 32.6 Å². The first-order valence-corrected chi connectivity index (χ1v) is 6.92. The van der Waals surface area contributed by atoms with Gasteiger partial charge >= 0.3 is 0 Å². The van der Waals surface area contributed by atoms with Crippen molar-refractivity contribution in [3.63, 3.8) is 0 Å². The van der Waals surface area contributed by atoms with Gasteiger partial charge < -0.3 is 10.6 Å². The van der Waals surface area contributed by atoms with E-state index in [0.717, 1.165) is 42.5 Å². The quantitative estimate of drug-likeness (QED) is 0.843. The Hall–Kier alpha value is -2.11. The first kappa shape index (κ1) is 14.3. The van der Waals surface area contributed by atoms with Crippen LogP contribution in [0.4, 0.5) is 11.6 Å². The largest absolute Gasteiger partial charge is 0.373 e. The van der Waals surface area contributed by atoms with Crippen molar-refractivity contribution in [2.75, 3.05) is 24.2 Å².